The fraction of sp³-hybridized carbons (Fsp3) is 0.154. The standard InChI is InChI=1S/C26H21ClFNO6/c1-33-19-11-9-15(13-17(19)27)29-23(16-6-4-5-7-18(16)28)22(25(31)26(29)32)24(30)14-8-10-20(34-2)21(12-14)35-3/h4-13,23,30H,1-3H3/b24-22+. The number of aliphatic hydroxyl groups excluding tert-OH is 1. The monoisotopic (exact) mass is 497 g/mol. The molecule has 0 spiro atoms. The van der Waals surface area contributed by atoms with Crippen LogP contribution in [0.2, 0.25) is 5.02 Å². The number of benzene rings is 3. The van der Waals surface area contributed by atoms with Crippen molar-refractivity contribution >= 4 is 34.7 Å². The van der Waals surface area contributed by atoms with E-state index in [4.69, 9.17) is 25.8 Å². The lowest BCUT2D eigenvalue weighted by molar-refractivity contribution is -0.132. The van der Waals surface area contributed by atoms with E-state index in [2.05, 4.69) is 0 Å². The zero-order valence-corrected chi connectivity index (χ0v) is 19.8. The minimum absolute atomic E-state index is 0.0284. The third-order valence-corrected chi connectivity index (χ3v) is 6.01. The molecule has 1 aliphatic rings. The molecule has 1 heterocycles. The van der Waals surface area contributed by atoms with Gasteiger partial charge in [0.15, 0.2) is 11.5 Å². The van der Waals surface area contributed by atoms with E-state index in [9.17, 15) is 14.7 Å². The number of rotatable bonds is 6. The molecule has 35 heavy (non-hydrogen) atoms. The van der Waals surface area contributed by atoms with E-state index in [1.54, 1.807) is 12.1 Å². The maximum atomic E-state index is 15.0. The Morgan fingerprint density at radius 1 is 0.914 bits per heavy atom. The van der Waals surface area contributed by atoms with Crippen LogP contribution in [0.1, 0.15) is 17.2 Å². The van der Waals surface area contributed by atoms with Gasteiger partial charge in [0.05, 0.1) is 38.0 Å². The Morgan fingerprint density at radius 3 is 2.20 bits per heavy atom. The predicted molar refractivity (Wildman–Crippen MR) is 129 cm³/mol. The number of hydrogen-bond acceptors (Lipinski definition) is 6. The topological polar surface area (TPSA) is 85.3 Å². The molecule has 0 aliphatic carbocycles. The maximum Gasteiger partial charge on any atom is 0.300 e. The number of halogens is 2. The number of carbonyl (C=O) groups is 2. The van der Waals surface area contributed by atoms with Crippen LogP contribution in [0, 0.1) is 5.82 Å². The van der Waals surface area contributed by atoms with Crippen LogP contribution in [0.25, 0.3) is 5.76 Å². The van der Waals surface area contributed by atoms with E-state index in [0.717, 1.165) is 4.90 Å². The minimum Gasteiger partial charge on any atom is -0.507 e. The first-order valence-corrected chi connectivity index (χ1v) is 10.8. The van der Waals surface area contributed by atoms with Crippen molar-refractivity contribution in [3.05, 3.63) is 88.2 Å². The Balaban J connectivity index is 1.96. The molecular formula is C26H21ClFNO6. The van der Waals surface area contributed by atoms with Crippen molar-refractivity contribution in [3.8, 4) is 17.2 Å². The van der Waals surface area contributed by atoms with Crippen LogP contribution in [0.15, 0.2) is 66.2 Å². The molecule has 3 aromatic rings. The molecule has 1 N–H and O–H groups in total. The highest BCUT2D eigenvalue weighted by Gasteiger charge is 2.48. The van der Waals surface area contributed by atoms with Gasteiger partial charge < -0.3 is 19.3 Å². The van der Waals surface area contributed by atoms with Crippen molar-refractivity contribution < 1.29 is 33.3 Å². The quantitative estimate of drug-likeness (QED) is 0.289. The molecule has 1 fully saturated rings. The molecule has 7 nitrogen and oxygen atoms in total. The summed E-state index contributed by atoms with van der Waals surface area (Å²) in [4.78, 5) is 27.6. The van der Waals surface area contributed by atoms with Gasteiger partial charge in [-0.1, -0.05) is 29.8 Å². The Kier molecular flexibility index (Phi) is 6.66. The average Bonchev–Trinajstić information content (AvgIpc) is 3.13. The van der Waals surface area contributed by atoms with Crippen molar-refractivity contribution in [1.82, 2.24) is 0 Å². The number of Topliss-reactive ketones (excluding diaryl/α,β-unsaturated/α-hetero) is 1. The molecule has 1 atom stereocenters. The normalized spacial score (nSPS) is 16.9. The van der Waals surface area contributed by atoms with E-state index < -0.39 is 29.3 Å². The molecule has 1 aliphatic heterocycles. The van der Waals surface area contributed by atoms with Crippen LogP contribution in [0.4, 0.5) is 10.1 Å². The van der Waals surface area contributed by atoms with E-state index >= 15 is 4.39 Å². The minimum atomic E-state index is -1.26. The van der Waals surface area contributed by atoms with Gasteiger partial charge in [-0.05, 0) is 42.5 Å². The summed E-state index contributed by atoms with van der Waals surface area (Å²) in [5, 5.41) is 11.4. The van der Waals surface area contributed by atoms with Gasteiger partial charge >= 0.3 is 0 Å². The molecular weight excluding hydrogens is 477 g/mol. The zero-order valence-electron chi connectivity index (χ0n) is 19.0. The van der Waals surface area contributed by atoms with Crippen LogP contribution in [0.5, 0.6) is 17.2 Å². The number of aliphatic hydroxyl groups is 1. The predicted octanol–water partition coefficient (Wildman–Crippen LogP) is 5.13. The van der Waals surface area contributed by atoms with Crippen molar-refractivity contribution in [3.63, 3.8) is 0 Å². The largest absolute Gasteiger partial charge is 0.507 e. The van der Waals surface area contributed by atoms with Crippen molar-refractivity contribution in [2.24, 2.45) is 0 Å². The number of anilines is 1. The molecule has 4 rings (SSSR count). The molecule has 1 unspecified atom stereocenters. The Morgan fingerprint density at radius 2 is 1.57 bits per heavy atom. The Hall–Kier alpha value is -4.04. The zero-order chi connectivity index (χ0) is 25.3. The molecule has 1 saturated heterocycles. The fourth-order valence-electron chi connectivity index (χ4n) is 4.03. The Labute approximate surface area is 205 Å². The third-order valence-electron chi connectivity index (χ3n) is 5.71. The van der Waals surface area contributed by atoms with Crippen LogP contribution in [0.3, 0.4) is 0 Å². The highest BCUT2D eigenvalue weighted by molar-refractivity contribution is 6.51. The summed E-state index contributed by atoms with van der Waals surface area (Å²) in [5.74, 6) is -1.99. The second-order valence-electron chi connectivity index (χ2n) is 7.58. The molecule has 0 saturated carbocycles. The van der Waals surface area contributed by atoms with E-state index in [-0.39, 0.29) is 27.4 Å². The number of carbonyl (C=O) groups excluding carboxylic acids is 2. The first-order chi connectivity index (χ1) is 16.8. The smallest absolute Gasteiger partial charge is 0.300 e. The van der Waals surface area contributed by atoms with Crippen molar-refractivity contribution in [2.45, 2.75) is 6.04 Å². The van der Waals surface area contributed by atoms with E-state index in [1.807, 2.05) is 0 Å². The Bertz CT molecular complexity index is 1360. The summed E-state index contributed by atoms with van der Waals surface area (Å²) in [6.07, 6.45) is 0. The third kappa shape index (κ3) is 4.17. The summed E-state index contributed by atoms with van der Waals surface area (Å²) >= 11 is 6.26. The fourth-order valence-corrected chi connectivity index (χ4v) is 4.29. The number of ether oxygens (including phenoxy) is 3. The highest BCUT2D eigenvalue weighted by atomic mass is 35.5. The van der Waals surface area contributed by atoms with Gasteiger partial charge in [0, 0.05) is 16.8 Å². The van der Waals surface area contributed by atoms with Gasteiger partial charge in [0.2, 0.25) is 0 Å². The van der Waals surface area contributed by atoms with Crippen LogP contribution >= 0.6 is 11.6 Å². The van der Waals surface area contributed by atoms with Gasteiger partial charge in [-0.2, -0.15) is 0 Å². The van der Waals surface area contributed by atoms with Crippen LogP contribution in [-0.2, 0) is 9.59 Å². The van der Waals surface area contributed by atoms with E-state index in [1.165, 1.54) is 69.9 Å². The summed E-state index contributed by atoms with van der Waals surface area (Å²) < 4.78 is 30.7. The summed E-state index contributed by atoms with van der Waals surface area (Å²) in [5.41, 5.74) is 0.173. The lowest BCUT2D eigenvalue weighted by atomic mass is 9.94. The molecule has 9 heteroatoms. The SMILES string of the molecule is COc1ccc(N2C(=O)C(=O)/C(=C(/O)c3ccc(OC)c(OC)c3)C2c2ccccc2F)cc1Cl. The highest BCUT2D eigenvalue weighted by Crippen LogP contribution is 2.44. The lowest BCUT2D eigenvalue weighted by Gasteiger charge is -2.26. The molecule has 3 aromatic carbocycles. The average molecular weight is 498 g/mol. The van der Waals surface area contributed by atoms with Gasteiger partial charge in [-0.15, -0.1) is 0 Å². The van der Waals surface area contributed by atoms with Crippen molar-refractivity contribution in [1.29, 1.82) is 0 Å². The van der Waals surface area contributed by atoms with Gasteiger partial charge in [-0.25, -0.2) is 4.39 Å². The molecule has 0 radical (unpaired) electrons. The summed E-state index contributed by atoms with van der Waals surface area (Å²) in [6, 6.07) is 13.5. The van der Waals surface area contributed by atoms with Gasteiger partial charge in [0.25, 0.3) is 11.7 Å². The van der Waals surface area contributed by atoms with E-state index in [0.29, 0.717) is 17.2 Å². The lowest BCUT2D eigenvalue weighted by Crippen LogP contribution is -2.29. The second-order valence-corrected chi connectivity index (χ2v) is 7.99. The number of amides is 1. The second kappa shape index (κ2) is 9.68. The van der Waals surface area contributed by atoms with Crippen LogP contribution < -0.4 is 19.1 Å². The first kappa shape index (κ1) is 24.1. The van der Waals surface area contributed by atoms with Crippen LogP contribution in [-0.4, -0.2) is 38.1 Å². The maximum absolute atomic E-state index is 15.0. The summed E-state index contributed by atoms with van der Waals surface area (Å²) in [6.45, 7) is 0. The molecule has 180 valence electrons. The number of hydrogen-bond donors (Lipinski definition) is 1. The molecule has 1 amide bonds. The van der Waals surface area contributed by atoms with Crippen molar-refractivity contribution in [2.75, 3.05) is 26.2 Å². The molecule has 0 bridgehead atoms. The number of nitrogens with zero attached hydrogens (tertiary/aromatic N) is 1. The molecule has 0 aromatic heterocycles. The van der Waals surface area contributed by atoms with Gasteiger partial charge in [0.1, 0.15) is 17.3 Å². The number of ketones is 1. The first-order valence-electron chi connectivity index (χ1n) is 10.4. The van der Waals surface area contributed by atoms with Gasteiger partial charge in [-0.3, -0.25) is 14.5 Å². The number of methoxy groups -OCH3 is 3. The summed E-state index contributed by atoms with van der Waals surface area (Å²) in [7, 11) is 4.32.